The highest BCUT2D eigenvalue weighted by molar-refractivity contribution is 5.93. The maximum absolute atomic E-state index is 11.5. The van der Waals surface area contributed by atoms with Crippen LogP contribution in [0.15, 0.2) is 18.2 Å². The van der Waals surface area contributed by atoms with Crippen molar-refractivity contribution in [3.63, 3.8) is 0 Å². The Balaban J connectivity index is 0.00000242. The Bertz CT molecular complexity index is 595. The van der Waals surface area contributed by atoms with Crippen molar-refractivity contribution in [1.82, 2.24) is 9.97 Å². The lowest BCUT2D eigenvalue weighted by Gasteiger charge is -1.98. The second-order valence-corrected chi connectivity index (χ2v) is 5.42. The lowest BCUT2D eigenvalue weighted by molar-refractivity contribution is 0.0601. The summed E-state index contributed by atoms with van der Waals surface area (Å²) in [5.74, 6) is 0.687. The number of H-pyrrole nitrogens is 1. The largest absolute Gasteiger partial charge is 0.465 e. The van der Waals surface area contributed by atoms with Crippen LogP contribution in [-0.2, 0) is 11.2 Å². The van der Waals surface area contributed by atoms with Gasteiger partial charge in [-0.2, -0.15) is 0 Å². The van der Waals surface area contributed by atoms with Crippen molar-refractivity contribution in [2.75, 3.05) is 7.11 Å². The average Bonchev–Trinajstić information content (AvgIpc) is 2.91. The molecule has 5 heteroatoms. The van der Waals surface area contributed by atoms with Crippen LogP contribution in [0.5, 0.6) is 0 Å². The van der Waals surface area contributed by atoms with Gasteiger partial charge in [0.05, 0.1) is 23.7 Å². The monoisotopic (exact) mass is 324 g/mol. The first-order valence-electron chi connectivity index (χ1n) is 7.81. The van der Waals surface area contributed by atoms with Crippen LogP contribution in [0.25, 0.3) is 11.0 Å². The van der Waals surface area contributed by atoms with Crippen molar-refractivity contribution in [1.29, 1.82) is 0 Å². The standard InChI is InChI=1S/C17H24N2O2.ClH/c1-3-4-5-6-7-8-9-16-18-14-11-10-13(17(20)21-2)12-15(14)19-16;/h10-12H,3-9H2,1-2H3,(H,18,19);1H. The quantitative estimate of drug-likeness (QED) is 0.567. The van der Waals surface area contributed by atoms with E-state index in [4.69, 9.17) is 4.74 Å². The lowest BCUT2D eigenvalue weighted by atomic mass is 10.1. The molecule has 2 rings (SSSR count). The molecule has 1 N–H and O–H groups in total. The second-order valence-electron chi connectivity index (χ2n) is 5.42. The topological polar surface area (TPSA) is 55.0 Å². The fraction of sp³-hybridized carbons (Fsp3) is 0.529. The van der Waals surface area contributed by atoms with E-state index in [1.54, 1.807) is 12.1 Å². The van der Waals surface area contributed by atoms with E-state index < -0.39 is 0 Å². The number of unbranched alkanes of at least 4 members (excludes halogenated alkanes) is 5. The highest BCUT2D eigenvalue weighted by Crippen LogP contribution is 2.16. The summed E-state index contributed by atoms with van der Waals surface area (Å²) < 4.78 is 4.73. The maximum Gasteiger partial charge on any atom is 0.337 e. The van der Waals surface area contributed by atoms with Crippen LogP contribution in [0, 0.1) is 0 Å². The Morgan fingerprint density at radius 1 is 1.18 bits per heavy atom. The zero-order chi connectivity index (χ0) is 15.1. The van der Waals surface area contributed by atoms with Crippen LogP contribution in [0.1, 0.15) is 61.6 Å². The number of aromatic amines is 1. The first-order valence-corrected chi connectivity index (χ1v) is 7.81. The lowest BCUT2D eigenvalue weighted by Crippen LogP contribution is -2.00. The molecule has 0 fully saturated rings. The Labute approximate surface area is 138 Å². The van der Waals surface area contributed by atoms with Gasteiger partial charge in [0.1, 0.15) is 5.82 Å². The fourth-order valence-corrected chi connectivity index (χ4v) is 2.50. The van der Waals surface area contributed by atoms with E-state index in [1.807, 2.05) is 6.07 Å². The van der Waals surface area contributed by atoms with Gasteiger partial charge in [-0.05, 0) is 24.6 Å². The van der Waals surface area contributed by atoms with E-state index in [0.29, 0.717) is 5.56 Å². The molecule has 122 valence electrons. The number of carbonyl (C=O) groups is 1. The van der Waals surface area contributed by atoms with Gasteiger partial charge in [0.15, 0.2) is 0 Å². The van der Waals surface area contributed by atoms with Gasteiger partial charge < -0.3 is 9.72 Å². The summed E-state index contributed by atoms with van der Waals surface area (Å²) in [6, 6.07) is 5.42. The van der Waals surface area contributed by atoms with Gasteiger partial charge in [0.25, 0.3) is 0 Å². The molecule has 0 amide bonds. The number of nitrogens with one attached hydrogen (secondary N) is 1. The zero-order valence-electron chi connectivity index (χ0n) is 13.4. The maximum atomic E-state index is 11.5. The molecule has 22 heavy (non-hydrogen) atoms. The number of carbonyl (C=O) groups excluding carboxylic acids is 1. The van der Waals surface area contributed by atoms with Gasteiger partial charge in [0, 0.05) is 6.42 Å². The van der Waals surface area contributed by atoms with Crippen molar-refractivity contribution in [2.24, 2.45) is 0 Å². The molecular formula is C17H25ClN2O2. The predicted molar refractivity (Wildman–Crippen MR) is 91.8 cm³/mol. The minimum Gasteiger partial charge on any atom is -0.465 e. The fourth-order valence-electron chi connectivity index (χ4n) is 2.50. The van der Waals surface area contributed by atoms with Crippen molar-refractivity contribution in [2.45, 2.75) is 51.9 Å². The summed E-state index contributed by atoms with van der Waals surface area (Å²) in [7, 11) is 1.39. The van der Waals surface area contributed by atoms with Crippen LogP contribution in [0.4, 0.5) is 0 Å². The number of nitrogens with zero attached hydrogens (tertiary/aromatic N) is 1. The number of aryl methyl sites for hydroxylation is 1. The number of ether oxygens (including phenoxy) is 1. The molecule has 1 aromatic carbocycles. The van der Waals surface area contributed by atoms with Gasteiger partial charge in [-0.3, -0.25) is 0 Å². The molecule has 4 nitrogen and oxygen atoms in total. The van der Waals surface area contributed by atoms with Crippen molar-refractivity contribution in [3.05, 3.63) is 29.6 Å². The zero-order valence-corrected chi connectivity index (χ0v) is 14.2. The minimum atomic E-state index is -0.316. The molecule has 1 aromatic heterocycles. The van der Waals surface area contributed by atoms with Gasteiger partial charge in [-0.15, -0.1) is 12.4 Å². The normalized spacial score (nSPS) is 10.5. The number of esters is 1. The van der Waals surface area contributed by atoms with Crippen molar-refractivity contribution < 1.29 is 9.53 Å². The number of fused-ring (bicyclic) bond motifs is 1. The highest BCUT2D eigenvalue weighted by atomic mass is 35.5. The molecule has 0 bridgehead atoms. The Morgan fingerprint density at radius 3 is 2.64 bits per heavy atom. The summed E-state index contributed by atoms with van der Waals surface area (Å²) in [5, 5.41) is 0. The van der Waals surface area contributed by atoms with E-state index in [1.165, 1.54) is 39.2 Å². The molecule has 0 atom stereocenters. The molecule has 0 spiro atoms. The summed E-state index contributed by atoms with van der Waals surface area (Å²) in [6.07, 6.45) is 8.64. The number of hydrogen-bond acceptors (Lipinski definition) is 3. The Morgan fingerprint density at radius 2 is 1.91 bits per heavy atom. The number of benzene rings is 1. The number of rotatable bonds is 8. The number of hydrogen-bond donors (Lipinski definition) is 1. The van der Waals surface area contributed by atoms with Crippen LogP contribution in [-0.4, -0.2) is 23.0 Å². The van der Waals surface area contributed by atoms with Crippen molar-refractivity contribution >= 4 is 29.4 Å². The molecule has 0 radical (unpaired) electrons. The van der Waals surface area contributed by atoms with Crippen molar-refractivity contribution in [3.8, 4) is 0 Å². The molecule has 0 unspecified atom stereocenters. The number of imidazole rings is 1. The second kappa shape index (κ2) is 9.46. The first kappa shape index (κ1) is 18.5. The minimum absolute atomic E-state index is 0. The molecule has 0 saturated heterocycles. The molecule has 1 heterocycles. The van der Waals surface area contributed by atoms with E-state index in [2.05, 4.69) is 16.9 Å². The SMILES string of the molecule is CCCCCCCCc1nc2ccc(C(=O)OC)cc2[nH]1.Cl. The van der Waals surface area contributed by atoms with Gasteiger partial charge in [0.2, 0.25) is 0 Å². The van der Waals surface area contributed by atoms with Crippen LogP contribution in [0.2, 0.25) is 0 Å². The molecule has 0 aliphatic carbocycles. The van der Waals surface area contributed by atoms with Crippen LogP contribution in [0.3, 0.4) is 0 Å². The van der Waals surface area contributed by atoms with E-state index in [0.717, 1.165) is 29.7 Å². The molecule has 0 saturated carbocycles. The molecule has 0 aliphatic rings. The Hall–Kier alpha value is -1.55. The molecule has 0 aliphatic heterocycles. The predicted octanol–water partition coefficient (Wildman–Crippen LogP) is 4.67. The Kier molecular flexibility index (Phi) is 7.96. The smallest absolute Gasteiger partial charge is 0.337 e. The van der Waals surface area contributed by atoms with Crippen LogP contribution < -0.4 is 0 Å². The van der Waals surface area contributed by atoms with Gasteiger partial charge in [-0.1, -0.05) is 39.0 Å². The van der Waals surface area contributed by atoms with Crippen LogP contribution >= 0.6 is 12.4 Å². The van der Waals surface area contributed by atoms with E-state index in [9.17, 15) is 4.79 Å². The average molecular weight is 325 g/mol. The summed E-state index contributed by atoms with van der Waals surface area (Å²) >= 11 is 0. The van der Waals surface area contributed by atoms with E-state index >= 15 is 0 Å². The summed E-state index contributed by atoms with van der Waals surface area (Å²) in [5.41, 5.74) is 2.36. The van der Waals surface area contributed by atoms with E-state index in [-0.39, 0.29) is 18.4 Å². The third kappa shape index (κ3) is 5.02. The number of aromatic nitrogens is 2. The first-order chi connectivity index (χ1) is 10.2. The third-order valence-electron chi connectivity index (χ3n) is 3.72. The number of methoxy groups -OCH3 is 1. The van der Waals surface area contributed by atoms with Gasteiger partial charge >= 0.3 is 5.97 Å². The number of halogens is 1. The summed E-state index contributed by atoms with van der Waals surface area (Å²) in [6.45, 7) is 2.23. The molecule has 2 aromatic rings. The highest BCUT2D eigenvalue weighted by Gasteiger charge is 2.08. The molecular weight excluding hydrogens is 300 g/mol. The van der Waals surface area contributed by atoms with Gasteiger partial charge in [-0.25, -0.2) is 9.78 Å². The third-order valence-corrected chi connectivity index (χ3v) is 3.72. The summed E-state index contributed by atoms with van der Waals surface area (Å²) in [4.78, 5) is 19.4.